The van der Waals surface area contributed by atoms with Crippen molar-refractivity contribution in [1.82, 2.24) is 15.1 Å². The molecule has 7 nitrogen and oxygen atoms in total. The number of carbonyl (C=O) groups excluding carboxylic acids is 2. The molecule has 1 fully saturated rings. The summed E-state index contributed by atoms with van der Waals surface area (Å²) < 4.78 is 31.3. The highest BCUT2D eigenvalue weighted by Gasteiger charge is 2.44. The number of aromatic nitrogens is 2. The molecule has 34 heavy (non-hydrogen) atoms. The average molecular weight is 461 g/mol. The summed E-state index contributed by atoms with van der Waals surface area (Å²) in [6, 6.07) is 11.6. The SMILES string of the molecule is C=C(Nc1ccn(C)n1)[C@]1(C)CC(=O)N(c2c(F)cc(C#Cc3ccccc3)cc2F)C(=O)N1. The Balaban J connectivity index is 1.56. The van der Waals surface area contributed by atoms with Crippen LogP contribution in [0.2, 0.25) is 0 Å². The molecular formula is C25H21F2N5O2. The lowest BCUT2D eigenvalue weighted by molar-refractivity contribution is -0.119. The molecule has 1 aliphatic heterocycles. The summed E-state index contributed by atoms with van der Waals surface area (Å²) in [7, 11) is 1.74. The second-order valence-electron chi connectivity index (χ2n) is 8.05. The highest BCUT2D eigenvalue weighted by atomic mass is 19.1. The molecule has 0 saturated carbocycles. The van der Waals surface area contributed by atoms with Crippen LogP contribution in [-0.2, 0) is 11.8 Å². The number of hydrogen-bond donors (Lipinski definition) is 2. The third-order valence-corrected chi connectivity index (χ3v) is 5.36. The monoisotopic (exact) mass is 461 g/mol. The molecule has 2 aromatic carbocycles. The molecule has 3 amide bonds. The van der Waals surface area contributed by atoms with E-state index < -0.39 is 34.8 Å². The van der Waals surface area contributed by atoms with Gasteiger partial charge in [0.15, 0.2) is 17.5 Å². The lowest BCUT2D eigenvalue weighted by Gasteiger charge is -2.40. The van der Waals surface area contributed by atoms with E-state index in [1.165, 1.54) is 0 Å². The number of nitrogens with one attached hydrogen (secondary N) is 2. The van der Waals surface area contributed by atoms with Crippen LogP contribution in [0.25, 0.3) is 0 Å². The minimum atomic E-state index is -1.20. The van der Waals surface area contributed by atoms with Crippen LogP contribution >= 0.6 is 0 Å². The largest absolute Gasteiger partial charge is 0.341 e. The molecule has 3 aromatic rings. The summed E-state index contributed by atoms with van der Waals surface area (Å²) in [6.45, 7) is 5.49. The number of benzene rings is 2. The standard InChI is InChI=1S/C25H21F2N5O2/c1-16(28-21-11-12-31(3)30-21)25(2)15-22(33)32(24(34)29-25)23-19(26)13-18(14-20(23)27)10-9-17-7-5-4-6-8-17/h4-8,11-14H,1,15H2,2-3H3,(H,28,30)(H,29,34)/t25-/m0/s1. The van der Waals surface area contributed by atoms with Gasteiger partial charge in [0.1, 0.15) is 5.69 Å². The Bertz CT molecular complexity index is 1310. The Labute approximate surface area is 195 Å². The van der Waals surface area contributed by atoms with Gasteiger partial charge in [-0.3, -0.25) is 9.48 Å². The van der Waals surface area contributed by atoms with Gasteiger partial charge in [0.2, 0.25) is 5.91 Å². The first-order valence-electron chi connectivity index (χ1n) is 10.3. The van der Waals surface area contributed by atoms with E-state index in [-0.39, 0.29) is 12.0 Å². The van der Waals surface area contributed by atoms with Gasteiger partial charge in [-0.05, 0) is 31.2 Å². The minimum Gasteiger partial charge on any atom is -0.341 e. The van der Waals surface area contributed by atoms with Crippen LogP contribution in [0.15, 0.2) is 67.0 Å². The summed E-state index contributed by atoms with van der Waals surface area (Å²) in [5, 5.41) is 9.74. The van der Waals surface area contributed by atoms with Gasteiger partial charge in [-0.15, -0.1) is 0 Å². The molecule has 1 saturated heterocycles. The highest BCUT2D eigenvalue weighted by Crippen LogP contribution is 2.32. The molecule has 2 heterocycles. The van der Waals surface area contributed by atoms with Crippen LogP contribution in [0.1, 0.15) is 24.5 Å². The van der Waals surface area contributed by atoms with Gasteiger partial charge in [0, 0.05) is 36.1 Å². The number of amides is 3. The smallest absolute Gasteiger partial charge is 0.329 e. The average Bonchev–Trinajstić information content (AvgIpc) is 3.18. The molecule has 1 aromatic heterocycles. The lowest BCUT2D eigenvalue weighted by atomic mass is 9.91. The van der Waals surface area contributed by atoms with Gasteiger partial charge < -0.3 is 10.6 Å². The number of rotatable bonds is 4. The van der Waals surface area contributed by atoms with Crippen molar-refractivity contribution in [1.29, 1.82) is 0 Å². The zero-order chi connectivity index (χ0) is 24.5. The molecule has 0 aliphatic carbocycles. The van der Waals surface area contributed by atoms with Crippen LogP contribution in [0.5, 0.6) is 0 Å². The van der Waals surface area contributed by atoms with Crippen LogP contribution in [-0.4, -0.2) is 27.3 Å². The lowest BCUT2D eigenvalue weighted by Crippen LogP contribution is -2.62. The molecule has 0 spiro atoms. The first-order valence-corrected chi connectivity index (χ1v) is 10.3. The predicted octanol–water partition coefficient (Wildman–Crippen LogP) is 3.93. The van der Waals surface area contributed by atoms with E-state index in [4.69, 9.17) is 0 Å². The summed E-state index contributed by atoms with van der Waals surface area (Å²) in [5.74, 6) is 3.04. The normalized spacial score (nSPS) is 17.6. The van der Waals surface area contributed by atoms with Crippen molar-refractivity contribution in [3.05, 3.63) is 89.8 Å². The van der Waals surface area contributed by atoms with E-state index in [0.29, 0.717) is 22.0 Å². The van der Waals surface area contributed by atoms with Crippen molar-refractivity contribution in [2.45, 2.75) is 18.9 Å². The maximum absolute atomic E-state index is 14.9. The molecule has 0 bridgehead atoms. The maximum Gasteiger partial charge on any atom is 0.329 e. The second-order valence-corrected chi connectivity index (χ2v) is 8.05. The summed E-state index contributed by atoms with van der Waals surface area (Å²) in [4.78, 5) is 26.2. The van der Waals surface area contributed by atoms with Gasteiger partial charge in [-0.1, -0.05) is 36.6 Å². The topological polar surface area (TPSA) is 79.3 Å². The fraction of sp³-hybridized carbons (Fsp3) is 0.160. The molecule has 172 valence electrons. The number of hydrogen-bond acceptors (Lipinski definition) is 4. The zero-order valence-electron chi connectivity index (χ0n) is 18.5. The minimum absolute atomic E-state index is 0.0743. The number of aryl methyl sites for hydroxylation is 1. The Morgan fingerprint density at radius 1 is 1.12 bits per heavy atom. The van der Waals surface area contributed by atoms with Crippen molar-refractivity contribution in [3.8, 4) is 11.8 Å². The summed E-state index contributed by atoms with van der Waals surface area (Å²) >= 11 is 0. The zero-order valence-corrected chi connectivity index (χ0v) is 18.5. The van der Waals surface area contributed by atoms with Gasteiger partial charge in [0.25, 0.3) is 0 Å². The van der Waals surface area contributed by atoms with Crippen molar-refractivity contribution in [3.63, 3.8) is 0 Å². The van der Waals surface area contributed by atoms with E-state index in [2.05, 4.69) is 34.2 Å². The third-order valence-electron chi connectivity index (χ3n) is 5.36. The van der Waals surface area contributed by atoms with E-state index in [9.17, 15) is 18.4 Å². The number of carbonyl (C=O) groups is 2. The van der Waals surface area contributed by atoms with E-state index in [1.54, 1.807) is 55.2 Å². The summed E-state index contributed by atoms with van der Waals surface area (Å²) in [6.07, 6.45) is 1.44. The number of halogens is 2. The second kappa shape index (κ2) is 8.83. The van der Waals surface area contributed by atoms with Crippen LogP contribution < -0.4 is 15.5 Å². The van der Waals surface area contributed by atoms with Crippen molar-refractivity contribution < 1.29 is 18.4 Å². The Hall–Kier alpha value is -4.45. The first kappa shape index (κ1) is 22.7. The molecule has 2 N–H and O–H groups in total. The van der Waals surface area contributed by atoms with E-state index >= 15 is 0 Å². The van der Waals surface area contributed by atoms with E-state index in [0.717, 1.165) is 12.1 Å². The Morgan fingerprint density at radius 2 is 1.76 bits per heavy atom. The third kappa shape index (κ3) is 4.52. The first-order chi connectivity index (χ1) is 16.2. The molecule has 4 rings (SSSR count). The molecule has 1 atom stereocenters. The number of nitrogens with zero attached hydrogens (tertiary/aromatic N) is 3. The number of imide groups is 1. The quantitative estimate of drug-likeness (QED) is 0.577. The fourth-order valence-electron chi connectivity index (χ4n) is 3.53. The highest BCUT2D eigenvalue weighted by molar-refractivity contribution is 6.17. The van der Waals surface area contributed by atoms with Crippen LogP contribution in [0.3, 0.4) is 0 Å². The molecular weight excluding hydrogens is 440 g/mol. The number of anilines is 2. The van der Waals surface area contributed by atoms with Gasteiger partial charge in [0.05, 0.1) is 12.0 Å². The molecule has 1 aliphatic rings. The van der Waals surface area contributed by atoms with Crippen molar-refractivity contribution >= 4 is 23.4 Å². The maximum atomic E-state index is 14.9. The van der Waals surface area contributed by atoms with Crippen molar-refractivity contribution in [2.24, 2.45) is 7.05 Å². The Kier molecular flexibility index (Phi) is 5.90. The molecule has 0 unspecified atom stereocenters. The number of urea groups is 1. The van der Waals surface area contributed by atoms with Gasteiger partial charge in [-0.2, -0.15) is 5.10 Å². The van der Waals surface area contributed by atoms with Gasteiger partial charge >= 0.3 is 6.03 Å². The molecule has 0 radical (unpaired) electrons. The fourth-order valence-corrected chi connectivity index (χ4v) is 3.53. The predicted molar refractivity (Wildman–Crippen MR) is 124 cm³/mol. The summed E-state index contributed by atoms with van der Waals surface area (Å²) in [5.41, 5.74) is -0.892. The Morgan fingerprint density at radius 3 is 2.35 bits per heavy atom. The van der Waals surface area contributed by atoms with Crippen LogP contribution in [0, 0.1) is 23.5 Å². The van der Waals surface area contributed by atoms with Crippen molar-refractivity contribution in [2.75, 3.05) is 10.2 Å². The van der Waals surface area contributed by atoms with Crippen LogP contribution in [0.4, 0.5) is 25.1 Å². The molecule has 9 heteroatoms. The van der Waals surface area contributed by atoms with E-state index in [1.807, 2.05) is 6.07 Å². The van der Waals surface area contributed by atoms with Gasteiger partial charge in [-0.25, -0.2) is 18.5 Å².